The van der Waals surface area contributed by atoms with Crippen molar-refractivity contribution in [2.75, 3.05) is 19.5 Å². The second-order valence-corrected chi connectivity index (χ2v) is 3.62. The molecule has 18 heavy (non-hydrogen) atoms. The van der Waals surface area contributed by atoms with Gasteiger partial charge in [0.2, 0.25) is 0 Å². The van der Waals surface area contributed by atoms with Gasteiger partial charge in [0.15, 0.2) is 0 Å². The van der Waals surface area contributed by atoms with E-state index >= 15 is 0 Å². The van der Waals surface area contributed by atoms with Gasteiger partial charge in [-0.1, -0.05) is 0 Å². The van der Waals surface area contributed by atoms with Crippen molar-refractivity contribution in [3.8, 4) is 0 Å². The van der Waals surface area contributed by atoms with Crippen molar-refractivity contribution in [2.24, 2.45) is 0 Å². The van der Waals surface area contributed by atoms with Crippen LogP contribution in [0.2, 0.25) is 0 Å². The zero-order chi connectivity index (χ0) is 13.5. The average Bonchev–Trinajstić information content (AvgIpc) is 2.34. The van der Waals surface area contributed by atoms with Crippen LogP contribution in [0.25, 0.3) is 0 Å². The van der Waals surface area contributed by atoms with Gasteiger partial charge in [-0.2, -0.15) is 0 Å². The third kappa shape index (κ3) is 4.02. The van der Waals surface area contributed by atoms with Crippen LogP contribution in [0.1, 0.15) is 16.9 Å². The third-order valence-electron chi connectivity index (χ3n) is 2.23. The number of amides is 1. The van der Waals surface area contributed by atoms with Crippen LogP contribution in [0.15, 0.2) is 18.3 Å². The number of pyridine rings is 1. The van der Waals surface area contributed by atoms with Crippen LogP contribution in [0.4, 0.5) is 5.69 Å². The van der Waals surface area contributed by atoms with Gasteiger partial charge in [0.1, 0.15) is 11.7 Å². The second-order valence-electron chi connectivity index (χ2n) is 3.62. The number of carbonyl (C=O) groups is 2. The van der Waals surface area contributed by atoms with Crippen molar-refractivity contribution in [1.29, 1.82) is 0 Å². The molecule has 1 atom stereocenters. The molecule has 0 fully saturated rings. The van der Waals surface area contributed by atoms with Crippen LogP contribution < -0.4 is 11.1 Å². The molecular weight excluding hydrogens is 238 g/mol. The number of aliphatic carboxylic acids is 1. The van der Waals surface area contributed by atoms with Gasteiger partial charge in [-0.25, -0.2) is 9.78 Å². The summed E-state index contributed by atoms with van der Waals surface area (Å²) >= 11 is 0. The van der Waals surface area contributed by atoms with E-state index in [1.807, 2.05) is 0 Å². The standard InChI is InChI=1S/C11H15N3O4/c1-18-5-4-9(11(16)17)14-10(15)8-3-2-7(12)6-13-8/h2-3,6,9H,4-5,12H2,1H3,(H,14,15)(H,16,17). The summed E-state index contributed by atoms with van der Waals surface area (Å²) in [6.07, 6.45) is 1.52. The van der Waals surface area contributed by atoms with E-state index < -0.39 is 17.9 Å². The maximum atomic E-state index is 11.7. The molecular formula is C11H15N3O4. The fourth-order valence-corrected chi connectivity index (χ4v) is 1.26. The molecule has 4 N–H and O–H groups in total. The summed E-state index contributed by atoms with van der Waals surface area (Å²) in [6, 6.07) is 1.95. The largest absolute Gasteiger partial charge is 0.480 e. The Morgan fingerprint density at radius 2 is 2.28 bits per heavy atom. The van der Waals surface area contributed by atoms with Crippen LogP contribution in [-0.2, 0) is 9.53 Å². The SMILES string of the molecule is COCCC(NC(=O)c1ccc(N)cn1)C(=O)O. The smallest absolute Gasteiger partial charge is 0.326 e. The van der Waals surface area contributed by atoms with E-state index in [1.165, 1.54) is 25.4 Å². The van der Waals surface area contributed by atoms with Gasteiger partial charge in [0, 0.05) is 20.1 Å². The molecule has 98 valence electrons. The number of nitrogens with one attached hydrogen (secondary N) is 1. The van der Waals surface area contributed by atoms with Gasteiger partial charge >= 0.3 is 5.97 Å². The summed E-state index contributed by atoms with van der Waals surface area (Å²) in [6.45, 7) is 0.242. The van der Waals surface area contributed by atoms with Crippen molar-refractivity contribution < 1.29 is 19.4 Å². The van der Waals surface area contributed by atoms with E-state index in [4.69, 9.17) is 15.6 Å². The Morgan fingerprint density at radius 3 is 2.78 bits per heavy atom. The Bertz CT molecular complexity index is 419. The minimum atomic E-state index is -1.11. The number of nitrogen functional groups attached to an aromatic ring is 1. The Morgan fingerprint density at radius 1 is 1.56 bits per heavy atom. The van der Waals surface area contributed by atoms with E-state index in [-0.39, 0.29) is 18.7 Å². The number of carbonyl (C=O) groups excluding carboxylic acids is 1. The summed E-state index contributed by atoms with van der Waals surface area (Å²) in [5.41, 5.74) is 5.99. The van der Waals surface area contributed by atoms with Gasteiger partial charge in [0.05, 0.1) is 11.9 Å². The average molecular weight is 253 g/mol. The van der Waals surface area contributed by atoms with Crippen LogP contribution >= 0.6 is 0 Å². The first-order valence-electron chi connectivity index (χ1n) is 5.28. The molecule has 0 saturated heterocycles. The Balaban J connectivity index is 2.66. The maximum absolute atomic E-state index is 11.7. The molecule has 1 aromatic rings. The number of ether oxygens (including phenoxy) is 1. The number of carboxylic acid groups (broad SMARTS) is 1. The molecule has 1 rings (SSSR count). The van der Waals surface area contributed by atoms with Gasteiger partial charge in [-0.15, -0.1) is 0 Å². The molecule has 0 aromatic carbocycles. The van der Waals surface area contributed by atoms with Gasteiger partial charge < -0.3 is 20.9 Å². The van der Waals surface area contributed by atoms with Gasteiger partial charge in [-0.3, -0.25) is 4.79 Å². The fraction of sp³-hybridized carbons (Fsp3) is 0.364. The molecule has 0 aliphatic carbocycles. The lowest BCUT2D eigenvalue weighted by molar-refractivity contribution is -0.139. The highest BCUT2D eigenvalue weighted by Crippen LogP contribution is 2.02. The van der Waals surface area contributed by atoms with Gasteiger partial charge in [-0.05, 0) is 12.1 Å². The molecule has 0 radical (unpaired) electrons. The second kappa shape index (κ2) is 6.55. The molecule has 1 unspecified atom stereocenters. The normalized spacial score (nSPS) is 11.8. The van der Waals surface area contributed by atoms with Crippen molar-refractivity contribution in [2.45, 2.75) is 12.5 Å². The van der Waals surface area contributed by atoms with Crippen molar-refractivity contribution in [3.05, 3.63) is 24.0 Å². The highest BCUT2D eigenvalue weighted by molar-refractivity contribution is 5.95. The van der Waals surface area contributed by atoms with E-state index in [0.717, 1.165) is 0 Å². The first-order valence-corrected chi connectivity index (χ1v) is 5.28. The molecule has 0 aliphatic rings. The van der Waals surface area contributed by atoms with E-state index in [1.54, 1.807) is 0 Å². The lowest BCUT2D eigenvalue weighted by Gasteiger charge is -2.13. The number of carboxylic acids is 1. The summed E-state index contributed by atoms with van der Waals surface area (Å²) in [5, 5.41) is 11.3. The molecule has 1 heterocycles. The topological polar surface area (TPSA) is 115 Å². The van der Waals surface area contributed by atoms with E-state index in [0.29, 0.717) is 5.69 Å². The summed E-state index contributed by atoms with van der Waals surface area (Å²) in [4.78, 5) is 26.4. The number of nitrogens with zero attached hydrogens (tertiary/aromatic N) is 1. The molecule has 0 bridgehead atoms. The molecule has 7 heteroatoms. The number of hydrogen-bond donors (Lipinski definition) is 3. The van der Waals surface area contributed by atoms with Crippen LogP contribution in [-0.4, -0.2) is 41.7 Å². The lowest BCUT2D eigenvalue weighted by Crippen LogP contribution is -2.41. The van der Waals surface area contributed by atoms with Gasteiger partial charge in [0.25, 0.3) is 5.91 Å². The maximum Gasteiger partial charge on any atom is 0.326 e. The predicted octanol–water partition coefficient (Wildman–Crippen LogP) is -0.117. The Hall–Kier alpha value is -2.15. The number of nitrogens with two attached hydrogens (primary N) is 1. The molecule has 0 saturated carbocycles. The Labute approximate surface area is 104 Å². The van der Waals surface area contributed by atoms with Crippen molar-refractivity contribution >= 4 is 17.6 Å². The summed E-state index contributed by atoms with van der Waals surface area (Å²) in [7, 11) is 1.46. The summed E-state index contributed by atoms with van der Waals surface area (Å²) < 4.78 is 4.78. The molecule has 0 aliphatic heterocycles. The van der Waals surface area contributed by atoms with E-state index in [9.17, 15) is 9.59 Å². The van der Waals surface area contributed by atoms with Crippen molar-refractivity contribution in [1.82, 2.24) is 10.3 Å². The highest BCUT2D eigenvalue weighted by Gasteiger charge is 2.20. The predicted molar refractivity (Wildman–Crippen MR) is 64.0 cm³/mol. The van der Waals surface area contributed by atoms with Crippen LogP contribution in [0.5, 0.6) is 0 Å². The molecule has 7 nitrogen and oxygen atoms in total. The zero-order valence-corrected chi connectivity index (χ0v) is 9.92. The monoisotopic (exact) mass is 253 g/mol. The summed E-state index contributed by atoms with van der Waals surface area (Å²) in [5.74, 6) is -1.67. The lowest BCUT2D eigenvalue weighted by atomic mass is 10.2. The zero-order valence-electron chi connectivity index (χ0n) is 9.92. The molecule has 1 amide bonds. The highest BCUT2D eigenvalue weighted by atomic mass is 16.5. The first-order chi connectivity index (χ1) is 8.54. The van der Waals surface area contributed by atoms with E-state index in [2.05, 4.69) is 10.3 Å². The van der Waals surface area contributed by atoms with Crippen LogP contribution in [0, 0.1) is 0 Å². The number of aromatic nitrogens is 1. The number of rotatable bonds is 6. The minimum absolute atomic E-state index is 0.118. The Kier molecular flexibility index (Phi) is 5.06. The van der Waals surface area contributed by atoms with Crippen LogP contribution in [0.3, 0.4) is 0 Å². The fourth-order valence-electron chi connectivity index (χ4n) is 1.26. The quantitative estimate of drug-likeness (QED) is 0.651. The minimum Gasteiger partial charge on any atom is -0.480 e. The third-order valence-corrected chi connectivity index (χ3v) is 2.23. The number of anilines is 1. The number of methoxy groups -OCH3 is 1. The number of hydrogen-bond acceptors (Lipinski definition) is 5. The molecule has 1 aromatic heterocycles. The first kappa shape index (κ1) is 13.9. The molecule has 0 spiro atoms. The van der Waals surface area contributed by atoms with Crippen molar-refractivity contribution in [3.63, 3.8) is 0 Å².